The van der Waals surface area contributed by atoms with Crippen molar-refractivity contribution in [3.8, 4) is 5.75 Å². The Morgan fingerprint density at radius 3 is 2.35 bits per heavy atom. The predicted octanol–water partition coefficient (Wildman–Crippen LogP) is 2.20. The highest BCUT2D eigenvalue weighted by Gasteiger charge is 2.34. The van der Waals surface area contributed by atoms with Gasteiger partial charge in [-0.1, -0.05) is 30.3 Å². The molecule has 3 rings (SSSR count). The predicted molar refractivity (Wildman–Crippen MR) is 114 cm³/mol. The standard InChI is InChI=1S/C22H26N2O6S/c1-29-19-9-5-3-7-17(19)15-23-21(25)16-11-13-24(14-12-16)31(27,28)20-10-6-4-8-18(20)22(26)30-2/h3-10,16H,11-15H2,1-2H3,(H,23,25). The lowest BCUT2D eigenvalue weighted by Gasteiger charge is -2.31. The van der Waals surface area contributed by atoms with Crippen LogP contribution in [0.4, 0.5) is 0 Å². The van der Waals surface area contributed by atoms with Gasteiger partial charge in [0, 0.05) is 31.1 Å². The number of sulfonamides is 1. The number of nitrogens with one attached hydrogen (secondary N) is 1. The highest BCUT2D eigenvalue weighted by atomic mass is 32.2. The van der Waals surface area contributed by atoms with E-state index in [1.54, 1.807) is 19.2 Å². The number of para-hydroxylation sites is 1. The van der Waals surface area contributed by atoms with Crippen LogP contribution in [0.1, 0.15) is 28.8 Å². The van der Waals surface area contributed by atoms with E-state index in [9.17, 15) is 18.0 Å². The molecule has 1 saturated heterocycles. The van der Waals surface area contributed by atoms with Crippen LogP contribution in [-0.2, 0) is 26.1 Å². The Morgan fingerprint density at radius 2 is 1.68 bits per heavy atom. The first-order valence-electron chi connectivity index (χ1n) is 9.95. The fraction of sp³-hybridized carbons (Fsp3) is 0.364. The van der Waals surface area contributed by atoms with E-state index < -0.39 is 16.0 Å². The fourth-order valence-electron chi connectivity index (χ4n) is 3.64. The molecule has 9 heteroatoms. The van der Waals surface area contributed by atoms with E-state index in [0.717, 1.165) is 5.56 Å². The second-order valence-corrected chi connectivity index (χ2v) is 9.10. The SMILES string of the molecule is COC(=O)c1ccccc1S(=O)(=O)N1CCC(C(=O)NCc2ccccc2OC)CC1. The lowest BCUT2D eigenvalue weighted by molar-refractivity contribution is -0.126. The normalized spacial score (nSPS) is 15.3. The van der Waals surface area contributed by atoms with Gasteiger partial charge in [0.15, 0.2) is 0 Å². The number of hydrogen-bond donors (Lipinski definition) is 1. The third kappa shape index (κ3) is 5.05. The Hall–Kier alpha value is -2.91. The van der Waals surface area contributed by atoms with Crippen molar-refractivity contribution in [1.82, 2.24) is 9.62 Å². The molecule has 0 unspecified atom stereocenters. The maximum atomic E-state index is 13.1. The van der Waals surface area contributed by atoms with Crippen molar-refractivity contribution in [2.75, 3.05) is 27.3 Å². The Labute approximate surface area is 182 Å². The largest absolute Gasteiger partial charge is 0.496 e. The van der Waals surface area contributed by atoms with Crippen molar-refractivity contribution in [3.63, 3.8) is 0 Å². The van der Waals surface area contributed by atoms with Gasteiger partial charge in [-0.15, -0.1) is 0 Å². The number of amides is 1. The van der Waals surface area contributed by atoms with Crippen LogP contribution in [0.15, 0.2) is 53.4 Å². The van der Waals surface area contributed by atoms with Gasteiger partial charge in [0.05, 0.1) is 24.7 Å². The smallest absolute Gasteiger partial charge is 0.339 e. The molecule has 1 aliphatic heterocycles. The Balaban J connectivity index is 1.63. The van der Waals surface area contributed by atoms with E-state index in [-0.39, 0.29) is 35.4 Å². The van der Waals surface area contributed by atoms with E-state index in [1.165, 1.54) is 23.5 Å². The zero-order valence-corrected chi connectivity index (χ0v) is 18.4. The number of rotatable bonds is 7. The lowest BCUT2D eigenvalue weighted by Crippen LogP contribution is -2.43. The first kappa shape index (κ1) is 22.8. The zero-order valence-electron chi connectivity index (χ0n) is 17.5. The van der Waals surface area contributed by atoms with Crippen molar-refractivity contribution in [1.29, 1.82) is 0 Å². The number of methoxy groups -OCH3 is 2. The molecule has 1 heterocycles. The number of hydrogen-bond acceptors (Lipinski definition) is 6. The van der Waals surface area contributed by atoms with Crippen LogP contribution in [0.2, 0.25) is 0 Å². The summed E-state index contributed by atoms with van der Waals surface area (Å²) in [5.41, 5.74) is 0.874. The Morgan fingerprint density at radius 1 is 1.03 bits per heavy atom. The maximum absolute atomic E-state index is 13.1. The van der Waals surface area contributed by atoms with E-state index in [0.29, 0.717) is 25.1 Å². The van der Waals surface area contributed by atoms with Crippen molar-refractivity contribution in [3.05, 3.63) is 59.7 Å². The molecule has 1 fully saturated rings. The van der Waals surface area contributed by atoms with Crippen LogP contribution in [0.5, 0.6) is 5.75 Å². The highest BCUT2D eigenvalue weighted by Crippen LogP contribution is 2.26. The lowest BCUT2D eigenvalue weighted by atomic mass is 9.97. The summed E-state index contributed by atoms with van der Waals surface area (Å²) in [7, 11) is -1.09. The van der Waals surface area contributed by atoms with E-state index in [4.69, 9.17) is 9.47 Å². The van der Waals surface area contributed by atoms with Crippen molar-refractivity contribution in [2.45, 2.75) is 24.3 Å². The second-order valence-electron chi connectivity index (χ2n) is 7.20. The number of esters is 1. The maximum Gasteiger partial charge on any atom is 0.339 e. The summed E-state index contributed by atoms with van der Waals surface area (Å²) in [4.78, 5) is 24.5. The average molecular weight is 447 g/mol. The van der Waals surface area contributed by atoms with Gasteiger partial charge in [-0.05, 0) is 31.0 Å². The van der Waals surface area contributed by atoms with E-state index in [2.05, 4.69) is 5.32 Å². The van der Waals surface area contributed by atoms with E-state index >= 15 is 0 Å². The minimum Gasteiger partial charge on any atom is -0.496 e. The first-order valence-corrected chi connectivity index (χ1v) is 11.4. The van der Waals surface area contributed by atoms with Gasteiger partial charge < -0.3 is 14.8 Å². The molecule has 8 nitrogen and oxygen atoms in total. The molecule has 0 atom stereocenters. The molecule has 166 valence electrons. The van der Waals surface area contributed by atoms with Gasteiger partial charge in [-0.2, -0.15) is 4.31 Å². The topological polar surface area (TPSA) is 102 Å². The zero-order chi connectivity index (χ0) is 22.4. The molecule has 31 heavy (non-hydrogen) atoms. The van der Waals surface area contributed by atoms with E-state index in [1.807, 2.05) is 24.3 Å². The minimum absolute atomic E-state index is 0.00155. The van der Waals surface area contributed by atoms with Crippen LogP contribution < -0.4 is 10.1 Å². The third-order valence-electron chi connectivity index (χ3n) is 5.38. The summed E-state index contributed by atoms with van der Waals surface area (Å²) in [5, 5.41) is 2.91. The molecule has 0 radical (unpaired) electrons. The molecule has 0 aromatic heterocycles. The Kier molecular flexibility index (Phi) is 7.29. The molecule has 1 N–H and O–H groups in total. The van der Waals surface area contributed by atoms with Gasteiger partial charge in [0.25, 0.3) is 0 Å². The first-order chi connectivity index (χ1) is 14.9. The van der Waals surface area contributed by atoms with Crippen LogP contribution in [-0.4, -0.2) is 51.9 Å². The van der Waals surface area contributed by atoms with Crippen LogP contribution in [0.25, 0.3) is 0 Å². The number of piperidine rings is 1. The Bertz CT molecular complexity index is 1050. The molecule has 1 amide bonds. The molecule has 0 bridgehead atoms. The minimum atomic E-state index is -3.88. The average Bonchev–Trinajstić information content (AvgIpc) is 2.82. The number of carbonyl (C=O) groups excluding carboxylic acids is 2. The van der Waals surface area contributed by atoms with Crippen LogP contribution in [0, 0.1) is 5.92 Å². The molecule has 1 aliphatic rings. The summed E-state index contributed by atoms with van der Waals surface area (Å²) in [6, 6.07) is 13.4. The summed E-state index contributed by atoms with van der Waals surface area (Å²) in [6.45, 7) is 0.739. The van der Waals surface area contributed by atoms with Gasteiger partial charge in [-0.25, -0.2) is 13.2 Å². The summed E-state index contributed by atoms with van der Waals surface area (Å²) >= 11 is 0. The summed E-state index contributed by atoms with van der Waals surface area (Å²) < 4.78 is 37.5. The molecule has 2 aromatic carbocycles. The second kappa shape index (κ2) is 9.93. The van der Waals surface area contributed by atoms with Gasteiger partial charge in [0.2, 0.25) is 15.9 Å². The highest BCUT2D eigenvalue weighted by molar-refractivity contribution is 7.89. The van der Waals surface area contributed by atoms with Gasteiger partial charge in [-0.3, -0.25) is 4.79 Å². The van der Waals surface area contributed by atoms with Gasteiger partial charge >= 0.3 is 5.97 Å². The molecular weight excluding hydrogens is 420 g/mol. The van der Waals surface area contributed by atoms with Gasteiger partial charge in [0.1, 0.15) is 5.75 Å². The van der Waals surface area contributed by atoms with Crippen LogP contribution >= 0.6 is 0 Å². The molecular formula is C22H26N2O6S. The summed E-state index contributed by atoms with van der Waals surface area (Å²) in [5.74, 6) is -0.396. The monoisotopic (exact) mass is 446 g/mol. The molecule has 0 aliphatic carbocycles. The van der Waals surface area contributed by atoms with Crippen LogP contribution in [0.3, 0.4) is 0 Å². The summed E-state index contributed by atoms with van der Waals surface area (Å²) in [6.07, 6.45) is 0.800. The van der Waals surface area contributed by atoms with Crippen molar-refractivity contribution < 1.29 is 27.5 Å². The number of benzene rings is 2. The number of ether oxygens (including phenoxy) is 2. The van der Waals surface area contributed by atoms with Crippen molar-refractivity contribution in [2.24, 2.45) is 5.92 Å². The molecule has 2 aromatic rings. The molecule has 0 spiro atoms. The quantitative estimate of drug-likeness (QED) is 0.655. The molecule has 0 saturated carbocycles. The fourth-order valence-corrected chi connectivity index (χ4v) is 5.29. The number of nitrogens with zero attached hydrogens (tertiary/aromatic N) is 1. The number of carbonyl (C=O) groups is 2. The van der Waals surface area contributed by atoms with Crippen molar-refractivity contribution >= 4 is 21.9 Å². The third-order valence-corrected chi connectivity index (χ3v) is 7.34.